The summed E-state index contributed by atoms with van der Waals surface area (Å²) in [4.78, 5) is 14.7. The number of fused-ring (bicyclic) bond motifs is 1. The Morgan fingerprint density at radius 2 is 1.96 bits per heavy atom. The molecule has 2 aromatic rings. The van der Waals surface area contributed by atoms with Gasteiger partial charge in [-0.05, 0) is 48.2 Å². The number of hydrogen-bond donors (Lipinski definition) is 0. The quantitative estimate of drug-likeness (QED) is 0.838. The van der Waals surface area contributed by atoms with E-state index in [1.54, 1.807) is 12.1 Å². The van der Waals surface area contributed by atoms with E-state index in [9.17, 15) is 9.18 Å². The highest BCUT2D eigenvalue weighted by Crippen LogP contribution is 2.37. The highest BCUT2D eigenvalue weighted by Gasteiger charge is 2.30. The average Bonchev–Trinajstić information content (AvgIpc) is 3.31. The van der Waals surface area contributed by atoms with Gasteiger partial charge in [0.1, 0.15) is 5.82 Å². The van der Waals surface area contributed by atoms with Gasteiger partial charge in [0.15, 0.2) is 11.5 Å². The normalized spacial score (nSPS) is 19.6. The van der Waals surface area contributed by atoms with Crippen LogP contribution in [0.5, 0.6) is 11.5 Å². The molecule has 2 aliphatic heterocycles. The Balaban J connectivity index is 1.38. The summed E-state index contributed by atoms with van der Waals surface area (Å²) in [5, 5.41) is 0. The predicted octanol–water partition coefficient (Wildman–Crippen LogP) is 3.75. The molecule has 2 unspecified atom stereocenters. The van der Waals surface area contributed by atoms with Crippen molar-refractivity contribution in [1.29, 1.82) is 0 Å². The Bertz CT molecular complexity index is 805. The van der Waals surface area contributed by atoms with Crippen molar-refractivity contribution in [3.63, 3.8) is 0 Å². The van der Waals surface area contributed by atoms with Crippen molar-refractivity contribution in [1.82, 2.24) is 4.90 Å². The Hall–Kier alpha value is -2.56. The van der Waals surface area contributed by atoms with Crippen LogP contribution in [0.4, 0.5) is 4.39 Å². The minimum atomic E-state index is -0.251. The molecule has 1 fully saturated rings. The fourth-order valence-corrected chi connectivity index (χ4v) is 3.77. The maximum Gasteiger partial charge on any atom is 0.231 e. The number of ether oxygens (including phenoxy) is 2. The highest BCUT2D eigenvalue weighted by atomic mass is 19.1. The second-order valence-electron chi connectivity index (χ2n) is 7.11. The summed E-state index contributed by atoms with van der Waals surface area (Å²) in [6.07, 6.45) is 1.58. The minimum Gasteiger partial charge on any atom is -0.454 e. The summed E-state index contributed by atoms with van der Waals surface area (Å²) in [5.41, 5.74) is 2.18. The van der Waals surface area contributed by atoms with Crippen LogP contribution < -0.4 is 9.47 Å². The maximum atomic E-state index is 13.0. The summed E-state index contributed by atoms with van der Waals surface area (Å²) in [5.74, 6) is 1.70. The number of nitrogens with zero attached hydrogens (tertiary/aromatic N) is 1. The van der Waals surface area contributed by atoms with Gasteiger partial charge < -0.3 is 14.4 Å². The van der Waals surface area contributed by atoms with Crippen molar-refractivity contribution < 1.29 is 18.7 Å². The molecule has 0 bridgehead atoms. The molecule has 4 rings (SSSR count). The fourth-order valence-electron chi connectivity index (χ4n) is 3.77. The molecule has 5 heteroatoms. The molecule has 0 N–H and O–H groups in total. The molecule has 2 aromatic carbocycles. The first-order chi connectivity index (χ1) is 12.6. The number of benzene rings is 2. The van der Waals surface area contributed by atoms with E-state index in [-0.39, 0.29) is 24.4 Å². The third-order valence-corrected chi connectivity index (χ3v) is 5.24. The number of amides is 1. The summed E-state index contributed by atoms with van der Waals surface area (Å²) >= 11 is 0. The Morgan fingerprint density at radius 3 is 2.77 bits per heavy atom. The molecule has 0 saturated carbocycles. The number of rotatable bonds is 4. The van der Waals surface area contributed by atoms with Crippen LogP contribution in [-0.4, -0.2) is 30.7 Å². The fraction of sp³-hybridized carbons (Fsp3) is 0.381. The van der Waals surface area contributed by atoms with Crippen LogP contribution in [0.1, 0.15) is 30.4 Å². The Kier molecular flexibility index (Phi) is 4.53. The number of halogens is 1. The monoisotopic (exact) mass is 355 g/mol. The van der Waals surface area contributed by atoms with Gasteiger partial charge in [-0.25, -0.2) is 4.39 Å². The summed E-state index contributed by atoms with van der Waals surface area (Å²) < 4.78 is 23.8. The lowest BCUT2D eigenvalue weighted by Gasteiger charge is -2.21. The van der Waals surface area contributed by atoms with Gasteiger partial charge in [0, 0.05) is 24.9 Å². The smallest absolute Gasteiger partial charge is 0.231 e. The van der Waals surface area contributed by atoms with Gasteiger partial charge in [0.05, 0.1) is 0 Å². The average molecular weight is 355 g/mol. The Morgan fingerprint density at radius 1 is 1.19 bits per heavy atom. The molecule has 136 valence electrons. The van der Waals surface area contributed by atoms with E-state index in [1.165, 1.54) is 17.7 Å². The third kappa shape index (κ3) is 3.39. The van der Waals surface area contributed by atoms with E-state index in [0.29, 0.717) is 12.3 Å². The van der Waals surface area contributed by atoms with Crippen molar-refractivity contribution in [2.45, 2.75) is 25.7 Å². The first-order valence-electron chi connectivity index (χ1n) is 9.03. The molecule has 26 heavy (non-hydrogen) atoms. The van der Waals surface area contributed by atoms with Crippen molar-refractivity contribution in [2.75, 3.05) is 19.9 Å². The van der Waals surface area contributed by atoms with Crippen LogP contribution in [-0.2, 0) is 11.2 Å². The molecular formula is C21H22FNO3. The molecule has 2 aliphatic rings. The summed E-state index contributed by atoms with van der Waals surface area (Å²) in [6, 6.07) is 12.4. The molecule has 0 radical (unpaired) electrons. The van der Waals surface area contributed by atoms with Crippen LogP contribution in [0, 0.1) is 11.7 Å². The van der Waals surface area contributed by atoms with E-state index < -0.39 is 0 Å². The van der Waals surface area contributed by atoms with Crippen molar-refractivity contribution in [3.05, 3.63) is 59.4 Å². The second-order valence-corrected chi connectivity index (χ2v) is 7.11. The van der Waals surface area contributed by atoms with Crippen LogP contribution >= 0.6 is 0 Å². The summed E-state index contributed by atoms with van der Waals surface area (Å²) in [7, 11) is 0. The Labute approximate surface area is 152 Å². The van der Waals surface area contributed by atoms with Gasteiger partial charge in [0.25, 0.3) is 0 Å². The van der Waals surface area contributed by atoms with Crippen molar-refractivity contribution in [2.24, 2.45) is 5.92 Å². The van der Waals surface area contributed by atoms with E-state index in [1.807, 2.05) is 24.0 Å². The zero-order chi connectivity index (χ0) is 18.1. The predicted molar refractivity (Wildman–Crippen MR) is 95.8 cm³/mol. The number of hydrogen-bond acceptors (Lipinski definition) is 3. The molecule has 1 amide bonds. The van der Waals surface area contributed by atoms with Crippen LogP contribution in [0.25, 0.3) is 0 Å². The van der Waals surface area contributed by atoms with Gasteiger partial charge in [0.2, 0.25) is 12.7 Å². The standard InChI is InChI=1S/C21H22FNO3/c1-14(10-15-2-5-18(22)6-3-15)21(24)23-9-8-17(12-23)16-4-7-19-20(11-16)26-13-25-19/h2-7,11,14,17H,8-10,12-13H2,1H3. The number of carbonyl (C=O) groups excluding carboxylic acids is 1. The lowest BCUT2D eigenvalue weighted by atomic mass is 9.97. The first-order valence-corrected chi connectivity index (χ1v) is 9.03. The topological polar surface area (TPSA) is 38.8 Å². The van der Waals surface area contributed by atoms with E-state index in [0.717, 1.165) is 36.6 Å². The molecular weight excluding hydrogens is 333 g/mol. The summed E-state index contributed by atoms with van der Waals surface area (Å²) in [6.45, 7) is 3.71. The van der Waals surface area contributed by atoms with E-state index in [2.05, 4.69) is 6.07 Å². The molecule has 0 aromatic heterocycles. The largest absolute Gasteiger partial charge is 0.454 e. The lowest BCUT2D eigenvalue weighted by molar-refractivity contribution is -0.133. The van der Waals surface area contributed by atoms with Gasteiger partial charge in [-0.2, -0.15) is 0 Å². The maximum absolute atomic E-state index is 13.0. The number of likely N-dealkylation sites (tertiary alicyclic amines) is 1. The minimum absolute atomic E-state index is 0.115. The molecule has 0 aliphatic carbocycles. The van der Waals surface area contributed by atoms with E-state index >= 15 is 0 Å². The molecule has 2 atom stereocenters. The molecule has 1 saturated heterocycles. The van der Waals surface area contributed by atoms with Crippen LogP contribution in [0.2, 0.25) is 0 Å². The second kappa shape index (κ2) is 6.98. The van der Waals surface area contributed by atoms with Gasteiger partial charge in [-0.15, -0.1) is 0 Å². The zero-order valence-electron chi connectivity index (χ0n) is 14.8. The van der Waals surface area contributed by atoms with Crippen LogP contribution in [0.15, 0.2) is 42.5 Å². The molecule has 2 heterocycles. The molecule has 0 spiro atoms. The van der Waals surface area contributed by atoms with Crippen molar-refractivity contribution >= 4 is 5.91 Å². The van der Waals surface area contributed by atoms with Crippen molar-refractivity contribution in [3.8, 4) is 11.5 Å². The van der Waals surface area contributed by atoms with Gasteiger partial charge >= 0.3 is 0 Å². The van der Waals surface area contributed by atoms with E-state index in [4.69, 9.17) is 9.47 Å². The number of carbonyl (C=O) groups is 1. The van der Waals surface area contributed by atoms with Crippen LogP contribution in [0.3, 0.4) is 0 Å². The van der Waals surface area contributed by atoms with Gasteiger partial charge in [-0.1, -0.05) is 25.1 Å². The lowest BCUT2D eigenvalue weighted by Crippen LogP contribution is -2.34. The third-order valence-electron chi connectivity index (χ3n) is 5.24. The van der Waals surface area contributed by atoms with Gasteiger partial charge in [-0.3, -0.25) is 4.79 Å². The zero-order valence-corrected chi connectivity index (χ0v) is 14.8. The first kappa shape index (κ1) is 16.9. The molecule has 4 nitrogen and oxygen atoms in total. The SMILES string of the molecule is CC(Cc1ccc(F)cc1)C(=O)N1CCC(c2ccc3c(c2)OCO3)C1. The highest BCUT2D eigenvalue weighted by molar-refractivity contribution is 5.79.